The summed E-state index contributed by atoms with van der Waals surface area (Å²) in [4.78, 5) is 13.7. The summed E-state index contributed by atoms with van der Waals surface area (Å²) >= 11 is 0. The Morgan fingerprint density at radius 3 is 2.88 bits per heavy atom. The Kier molecular flexibility index (Phi) is 4.78. The number of fused-ring (bicyclic) bond motifs is 1. The van der Waals surface area contributed by atoms with Crippen LogP contribution in [0.5, 0.6) is 0 Å². The highest BCUT2D eigenvalue weighted by atomic mass is 16.3. The van der Waals surface area contributed by atoms with Crippen LogP contribution in [-0.4, -0.2) is 51.5 Å². The van der Waals surface area contributed by atoms with Crippen LogP contribution in [0.3, 0.4) is 0 Å². The molecule has 4 rings (SSSR count). The fourth-order valence-corrected chi connectivity index (χ4v) is 4.25. The Bertz CT molecular complexity index is 837. The van der Waals surface area contributed by atoms with E-state index in [0.717, 1.165) is 36.6 Å². The molecule has 0 unspecified atom stereocenters. The smallest absolute Gasteiger partial charge is 0.209 e. The highest BCUT2D eigenvalue weighted by Crippen LogP contribution is 2.35. The molecular weight excluding hydrogens is 326 g/mol. The molecule has 1 saturated heterocycles. The van der Waals surface area contributed by atoms with E-state index in [1.807, 2.05) is 36.8 Å². The highest BCUT2D eigenvalue weighted by Gasteiger charge is 2.33. The van der Waals surface area contributed by atoms with Crippen molar-refractivity contribution in [3.63, 3.8) is 0 Å². The lowest BCUT2D eigenvalue weighted by Crippen LogP contribution is -2.41. The summed E-state index contributed by atoms with van der Waals surface area (Å²) in [6.45, 7) is 2.88. The number of oxazole rings is 1. The average Bonchev–Trinajstić information content (AvgIpc) is 3.20. The van der Waals surface area contributed by atoms with E-state index < -0.39 is 0 Å². The first-order valence-electron chi connectivity index (χ1n) is 9.31. The second-order valence-electron chi connectivity index (χ2n) is 7.53. The van der Waals surface area contributed by atoms with Gasteiger partial charge in [0.25, 0.3) is 0 Å². The maximum absolute atomic E-state index is 5.89. The van der Waals surface area contributed by atoms with Crippen LogP contribution in [0.1, 0.15) is 30.5 Å². The van der Waals surface area contributed by atoms with Crippen LogP contribution in [0.25, 0.3) is 11.1 Å². The molecule has 0 saturated carbocycles. The van der Waals surface area contributed by atoms with Crippen LogP contribution >= 0.6 is 0 Å². The van der Waals surface area contributed by atoms with Gasteiger partial charge in [0.2, 0.25) is 5.89 Å². The second kappa shape index (κ2) is 7.21. The lowest BCUT2D eigenvalue weighted by atomic mass is 9.87. The fourth-order valence-electron chi connectivity index (χ4n) is 4.25. The zero-order chi connectivity index (χ0) is 18.1. The minimum absolute atomic E-state index is 0.405. The third-order valence-electron chi connectivity index (χ3n) is 5.45. The number of hydrogen-bond donors (Lipinski definition) is 0. The Balaban J connectivity index is 1.48. The number of nitrogens with zero attached hydrogens (tertiary/aromatic N) is 5. The first kappa shape index (κ1) is 17.2. The van der Waals surface area contributed by atoms with Crippen LogP contribution in [0.15, 0.2) is 41.2 Å². The molecule has 26 heavy (non-hydrogen) atoms. The van der Waals surface area contributed by atoms with Gasteiger partial charge in [0.05, 0.1) is 24.6 Å². The van der Waals surface area contributed by atoms with Crippen LogP contribution in [0.4, 0.5) is 0 Å². The van der Waals surface area contributed by atoms with Crippen molar-refractivity contribution in [2.24, 2.45) is 13.0 Å². The van der Waals surface area contributed by atoms with Gasteiger partial charge in [-0.25, -0.2) is 9.97 Å². The number of benzene rings is 1. The van der Waals surface area contributed by atoms with E-state index in [-0.39, 0.29) is 0 Å². The van der Waals surface area contributed by atoms with Crippen molar-refractivity contribution in [2.45, 2.75) is 25.4 Å². The second-order valence-corrected chi connectivity index (χ2v) is 7.53. The minimum Gasteiger partial charge on any atom is -0.439 e. The topological polar surface area (TPSA) is 50.3 Å². The maximum atomic E-state index is 5.89. The summed E-state index contributed by atoms with van der Waals surface area (Å²) in [5, 5.41) is 0. The van der Waals surface area contributed by atoms with E-state index in [0.29, 0.717) is 12.0 Å². The maximum Gasteiger partial charge on any atom is 0.209 e. The van der Waals surface area contributed by atoms with Gasteiger partial charge in [0, 0.05) is 19.8 Å². The van der Waals surface area contributed by atoms with Gasteiger partial charge >= 0.3 is 0 Å². The molecule has 1 aliphatic heterocycles. The van der Waals surface area contributed by atoms with Crippen LogP contribution < -0.4 is 0 Å². The third kappa shape index (κ3) is 3.39. The molecule has 3 heterocycles. The molecule has 6 nitrogen and oxygen atoms in total. The molecule has 2 atom stereocenters. The van der Waals surface area contributed by atoms with Crippen molar-refractivity contribution in [3.8, 4) is 0 Å². The summed E-state index contributed by atoms with van der Waals surface area (Å²) < 4.78 is 8.04. The molecule has 0 amide bonds. The lowest BCUT2D eigenvalue weighted by Gasteiger charge is -2.40. The molecule has 2 aromatic heterocycles. The quantitative estimate of drug-likeness (QED) is 0.705. The van der Waals surface area contributed by atoms with Crippen molar-refractivity contribution < 1.29 is 4.42 Å². The summed E-state index contributed by atoms with van der Waals surface area (Å²) in [5.41, 5.74) is 3.09. The molecule has 0 aliphatic carbocycles. The minimum atomic E-state index is 0.405. The van der Waals surface area contributed by atoms with Gasteiger partial charge < -0.3 is 8.98 Å². The first-order chi connectivity index (χ1) is 12.6. The fraction of sp³-hybridized carbons (Fsp3) is 0.500. The number of hydrogen-bond acceptors (Lipinski definition) is 5. The van der Waals surface area contributed by atoms with E-state index in [1.165, 1.54) is 18.5 Å². The van der Waals surface area contributed by atoms with Crippen molar-refractivity contribution in [2.75, 3.05) is 27.2 Å². The van der Waals surface area contributed by atoms with Gasteiger partial charge in [0.1, 0.15) is 5.52 Å². The zero-order valence-corrected chi connectivity index (χ0v) is 15.8. The van der Waals surface area contributed by atoms with Crippen molar-refractivity contribution in [1.82, 2.24) is 24.3 Å². The van der Waals surface area contributed by atoms with E-state index in [1.54, 1.807) is 0 Å². The molecule has 6 heteroatoms. The Morgan fingerprint density at radius 1 is 1.27 bits per heavy atom. The molecule has 0 radical (unpaired) electrons. The van der Waals surface area contributed by atoms with Gasteiger partial charge in [-0.2, -0.15) is 0 Å². The molecule has 0 N–H and O–H groups in total. The summed E-state index contributed by atoms with van der Waals surface area (Å²) in [6.07, 6.45) is 6.39. The number of aromatic nitrogens is 3. The Morgan fingerprint density at radius 2 is 2.12 bits per heavy atom. The summed E-state index contributed by atoms with van der Waals surface area (Å²) in [7, 11) is 6.47. The number of para-hydroxylation sites is 2. The highest BCUT2D eigenvalue weighted by molar-refractivity contribution is 5.72. The SMILES string of the molecule is CN(Cc1nc2ccccc2o1)C[C@@H]1CCCN(C)[C@H]1c1cncn1C. The lowest BCUT2D eigenvalue weighted by molar-refractivity contribution is 0.0859. The average molecular weight is 353 g/mol. The molecule has 1 fully saturated rings. The molecule has 1 aliphatic rings. The van der Waals surface area contributed by atoms with Gasteiger partial charge in [-0.1, -0.05) is 12.1 Å². The largest absolute Gasteiger partial charge is 0.439 e. The predicted octanol–water partition coefficient (Wildman–Crippen LogP) is 3.08. The van der Waals surface area contributed by atoms with Gasteiger partial charge in [-0.15, -0.1) is 0 Å². The van der Waals surface area contributed by atoms with Crippen LogP contribution in [0.2, 0.25) is 0 Å². The molecule has 138 valence electrons. The van der Waals surface area contributed by atoms with Crippen molar-refractivity contribution >= 4 is 11.1 Å². The number of piperidine rings is 1. The Labute approximate surface area is 154 Å². The van der Waals surface area contributed by atoms with E-state index >= 15 is 0 Å². The van der Waals surface area contributed by atoms with Gasteiger partial charge in [0.15, 0.2) is 5.58 Å². The third-order valence-corrected chi connectivity index (χ3v) is 5.45. The molecular formula is C20H27N5O. The van der Waals surface area contributed by atoms with Gasteiger partial charge in [-0.3, -0.25) is 9.80 Å². The van der Waals surface area contributed by atoms with Crippen molar-refractivity contribution in [1.29, 1.82) is 0 Å². The zero-order valence-electron chi connectivity index (χ0n) is 15.8. The monoisotopic (exact) mass is 353 g/mol. The molecule has 0 bridgehead atoms. The molecule has 3 aromatic rings. The van der Waals surface area contributed by atoms with Crippen molar-refractivity contribution in [3.05, 3.63) is 48.4 Å². The molecule has 1 aromatic carbocycles. The van der Waals surface area contributed by atoms with E-state index in [9.17, 15) is 0 Å². The number of rotatable bonds is 5. The number of imidazole rings is 1. The van der Waals surface area contributed by atoms with Crippen LogP contribution in [0, 0.1) is 5.92 Å². The molecule has 0 spiro atoms. The van der Waals surface area contributed by atoms with E-state index in [2.05, 4.69) is 45.5 Å². The standard InChI is InChI=1S/C20H27N5O/c1-23(13-19-22-16-8-4-5-9-18(16)26-19)12-15-7-6-10-24(2)20(15)17-11-21-14-25(17)3/h4-5,8-9,11,14-15,20H,6-7,10,12-13H2,1-3H3/t15-,20+/m0/s1. The normalized spacial score (nSPS) is 21.7. The van der Waals surface area contributed by atoms with Gasteiger partial charge in [-0.05, 0) is 51.5 Å². The predicted molar refractivity (Wildman–Crippen MR) is 102 cm³/mol. The number of likely N-dealkylation sites (tertiary alicyclic amines) is 1. The Hall–Kier alpha value is -2.18. The van der Waals surface area contributed by atoms with E-state index in [4.69, 9.17) is 4.42 Å². The number of aryl methyl sites for hydroxylation is 1. The first-order valence-corrected chi connectivity index (χ1v) is 9.31. The summed E-state index contributed by atoms with van der Waals surface area (Å²) in [5.74, 6) is 1.36. The van der Waals surface area contributed by atoms with Crippen LogP contribution in [-0.2, 0) is 13.6 Å². The summed E-state index contributed by atoms with van der Waals surface area (Å²) in [6, 6.07) is 8.35.